The lowest BCUT2D eigenvalue weighted by molar-refractivity contribution is 0.0916. The van der Waals surface area contributed by atoms with Crippen molar-refractivity contribution in [2.45, 2.75) is 19.4 Å². The van der Waals surface area contributed by atoms with Crippen LogP contribution >= 0.6 is 0 Å². The second-order valence-corrected chi connectivity index (χ2v) is 3.67. The van der Waals surface area contributed by atoms with E-state index in [1.165, 1.54) is 0 Å². The molecule has 0 aliphatic rings. The molecule has 0 saturated carbocycles. The average Bonchev–Trinajstić information content (AvgIpc) is 2.87. The number of aromatic nitrogens is 2. The maximum absolute atomic E-state index is 11.7. The van der Waals surface area contributed by atoms with E-state index in [0.29, 0.717) is 12.2 Å². The Bertz CT molecular complexity index is 507. The fraction of sp³-hybridized carbons (Fsp3) is 0.250. The summed E-state index contributed by atoms with van der Waals surface area (Å²) in [5.41, 5.74) is 6.43. The highest BCUT2D eigenvalue weighted by atomic mass is 16.5. The zero-order valence-corrected chi connectivity index (χ0v) is 9.46. The smallest absolute Gasteiger partial charge is 0.296 e. The molecule has 0 aliphatic heterocycles. The summed E-state index contributed by atoms with van der Waals surface area (Å²) in [6, 6.07) is 8.73. The minimum absolute atomic E-state index is 0.0294. The third-order valence-electron chi connectivity index (χ3n) is 2.45. The van der Waals surface area contributed by atoms with Crippen molar-refractivity contribution >= 4 is 5.78 Å². The van der Waals surface area contributed by atoms with Crippen LogP contribution in [-0.2, 0) is 0 Å². The summed E-state index contributed by atoms with van der Waals surface area (Å²) in [6.07, 6.45) is 0.544. The first kappa shape index (κ1) is 11.5. The summed E-state index contributed by atoms with van der Waals surface area (Å²) < 4.78 is 4.91. The van der Waals surface area contributed by atoms with Crippen molar-refractivity contribution in [3.63, 3.8) is 0 Å². The van der Waals surface area contributed by atoms with Crippen molar-refractivity contribution in [3.05, 3.63) is 36.2 Å². The number of carbonyl (C=O) groups is 1. The quantitative estimate of drug-likeness (QED) is 0.809. The van der Waals surface area contributed by atoms with Gasteiger partial charge in [0.1, 0.15) is 0 Å². The molecule has 0 amide bonds. The highest BCUT2D eigenvalue weighted by molar-refractivity contribution is 5.96. The van der Waals surface area contributed by atoms with Crippen LogP contribution in [0, 0.1) is 0 Å². The van der Waals surface area contributed by atoms with Crippen LogP contribution in [-0.4, -0.2) is 22.0 Å². The van der Waals surface area contributed by atoms with Crippen molar-refractivity contribution in [2.75, 3.05) is 0 Å². The number of nitrogens with two attached hydrogens (primary N) is 1. The first-order valence-electron chi connectivity index (χ1n) is 5.41. The lowest BCUT2D eigenvalue weighted by Gasteiger charge is -2.01. The van der Waals surface area contributed by atoms with E-state index in [4.69, 9.17) is 10.3 Å². The van der Waals surface area contributed by atoms with E-state index in [1.54, 1.807) is 0 Å². The van der Waals surface area contributed by atoms with E-state index in [-0.39, 0.29) is 11.7 Å². The molecule has 0 fully saturated rings. The monoisotopic (exact) mass is 231 g/mol. The Kier molecular flexibility index (Phi) is 3.30. The van der Waals surface area contributed by atoms with Crippen LogP contribution in [0.1, 0.15) is 24.0 Å². The Balaban J connectivity index is 2.25. The van der Waals surface area contributed by atoms with Crippen molar-refractivity contribution < 1.29 is 9.32 Å². The zero-order valence-electron chi connectivity index (χ0n) is 9.46. The molecule has 0 spiro atoms. The number of ketones is 1. The Labute approximate surface area is 98.6 Å². The lowest BCUT2D eigenvalue weighted by Crippen LogP contribution is -2.29. The first-order valence-corrected chi connectivity index (χ1v) is 5.41. The van der Waals surface area contributed by atoms with Gasteiger partial charge in [-0.1, -0.05) is 42.4 Å². The van der Waals surface area contributed by atoms with Crippen LogP contribution in [0.4, 0.5) is 0 Å². The van der Waals surface area contributed by atoms with Gasteiger partial charge in [0.25, 0.3) is 5.89 Å². The number of carbonyl (C=O) groups excluding carboxylic acids is 1. The normalized spacial score (nSPS) is 12.4. The highest BCUT2D eigenvalue weighted by Crippen LogP contribution is 2.15. The van der Waals surface area contributed by atoms with E-state index < -0.39 is 6.04 Å². The van der Waals surface area contributed by atoms with Crippen LogP contribution in [0.25, 0.3) is 11.4 Å². The maximum atomic E-state index is 11.7. The molecule has 1 aromatic heterocycles. The van der Waals surface area contributed by atoms with Crippen LogP contribution in [0.15, 0.2) is 34.9 Å². The third-order valence-corrected chi connectivity index (χ3v) is 2.45. The van der Waals surface area contributed by atoms with E-state index in [1.807, 2.05) is 37.3 Å². The molecule has 0 radical (unpaired) electrons. The number of hydrogen-bond donors (Lipinski definition) is 1. The largest absolute Gasteiger partial charge is 0.330 e. The molecule has 2 rings (SSSR count). The number of rotatable bonds is 4. The average molecular weight is 231 g/mol. The molecular formula is C12H13N3O2. The second-order valence-electron chi connectivity index (χ2n) is 3.67. The Hall–Kier alpha value is -2.01. The van der Waals surface area contributed by atoms with Crippen molar-refractivity contribution in [2.24, 2.45) is 5.73 Å². The second kappa shape index (κ2) is 4.88. The van der Waals surface area contributed by atoms with Gasteiger partial charge in [0.15, 0.2) is 0 Å². The molecule has 2 N–H and O–H groups in total. The van der Waals surface area contributed by atoms with Crippen molar-refractivity contribution in [1.29, 1.82) is 0 Å². The molecule has 0 bridgehead atoms. The molecule has 1 atom stereocenters. The van der Waals surface area contributed by atoms with E-state index in [2.05, 4.69) is 10.1 Å². The molecule has 17 heavy (non-hydrogen) atoms. The van der Waals surface area contributed by atoms with Gasteiger partial charge >= 0.3 is 0 Å². The van der Waals surface area contributed by atoms with Crippen LogP contribution in [0.2, 0.25) is 0 Å². The zero-order chi connectivity index (χ0) is 12.3. The van der Waals surface area contributed by atoms with Gasteiger partial charge in [0, 0.05) is 5.56 Å². The molecule has 0 saturated heterocycles. The van der Waals surface area contributed by atoms with E-state index >= 15 is 0 Å². The summed E-state index contributed by atoms with van der Waals surface area (Å²) in [7, 11) is 0. The highest BCUT2D eigenvalue weighted by Gasteiger charge is 2.21. The van der Waals surface area contributed by atoms with Crippen molar-refractivity contribution in [1.82, 2.24) is 10.1 Å². The Morgan fingerprint density at radius 3 is 2.76 bits per heavy atom. The van der Waals surface area contributed by atoms with Crippen LogP contribution in [0.3, 0.4) is 0 Å². The first-order chi connectivity index (χ1) is 8.22. The molecule has 1 aromatic carbocycles. The van der Waals surface area contributed by atoms with Gasteiger partial charge in [-0.25, -0.2) is 0 Å². The van der Waals surface area contributed by atoms with Gasteiger partial charge in [-0.05, 0) is 6.42 Å². The number of Topliss-reactive ketones (excluding diaryl/α,β-unsaturated/α-hetero) is 1. The standard InChI is InChI=1S/C12H13N3O2/c1-2-9(13)10(16)12-14-11(15-17-12)8-6-4-3-5-7-8/h3-7,9H,2,13H2,1H3/t9-/m0/s1. The number of benzene rings is 1. The molecule has 0 aliphatic carbocycles. The fourth-order valence-corrected chi connectivity index (χ4v) is 1.37. The van der Waals surface area contributed by atoms with Gasteiger partial charge in [0.05, 0.1) is 6.04 Å². The summed E-state index contributed by atoms with van der Waals surface area (Å²) >= 11 is 0. The minimum Gasteiger partial charge on any atom is -0.330 e. The number of hydrogen-bond acceptors (Lipinski definition) is 5. The van der Waals surface area contributed by atoms with Crippen LogP contribution in [0.5, 0.6) is 0 Å². The SMILES string of the molecule is CC[C@H](N)C(=O)c1nc(-c2ccccc2)no1. The van der Waals surface area contributed by atoms with Gasteiger partial charge < -0.3 is 10.3 Å². The summed E-state index contributed by atoms with van der Waals surface area (Å²) in [6.45, 7) is 1.83. The molecular weight excluding hydrogens is 218 g/mol. The maximum Gasteiger partial charge on any atom is 0.296 e. The van der Waals surface area contributed by atoms with Gasteiger partial charge in [0.2, 0.25) is 11.6 Å². The third kappa shape index (κ3) is 2.39. The predicted octanol–water partition coefficient (Wildman–Crippen LogP) is 1.66. The topological polar surface area (TPSA) is 82.0 Å². The lowest BCUT2D eigenvalue weighted by atomic mass is 10.1. The molecule has 0 unspecified atom stereocenters. The Morgan fingerprint density at radius 2 is 2.12 bits per heavy atom. The number of nitrogens with zero attached hydrogens (tertiary/aromatic N) is 2. The molecule has 2 aromatic rings. The predicted molar refractivity (Wildman–Crippen MR) is 62.3 cm³/mol. The fourth-order valence-electron chi connectivity index (χ4n) is 1.37. The van der Waals surface area contributed by atoms with E-state index in [0.717, 1.165) is 5.56 Å². The van der Waals surface area contributed by atoms with Gasteiger partial charge in [-0.15, -0.1) is 0 Å². The summed E-state index contributed by atoms with van der Waals surface area (Å²) in [4.78, 5) is 15.7. The van der Waals surface area contributed by atoms with Gasteiger partial charge in [-0.2, -0.15) is 4.98 Å². The van der Waals surface area contributed by atoms with Crippen molar-refractivity contribution in [3.8, 4) is 11.4 Å². The molecule has 5 nitrogen and oxygen atoms in total. The van der Waals surface area contributed by atoms with E-state index in [9.17, 15) is 4.79 Å². The van der Waals surface area contributed by atoms with Gasteiger partial charge in [-0.3, -0.25) is 4.79 Å². The van der Waals surface area contributed by atoms with Crippen LogP contribution < -0.4 is 5.73 Å². The minimum atomic E-state index is -0.584. The molecule has 5 heteroatoms. The molecule has 1 heterocycles. The summed E-state index contributed by atoms with van der Waals surface area (Å²) in [5.74, 6) is 0.0534. The molecule has 88 valence electrons. The summed E-state index contributed by atoms with van der Waals surface area (Å²) in [5, 5.41) is 3.76. The Morgan fingerprint density at radius 1 is 1.41 bits per heavy atom.